The lowest BCUT2D eigenvalue weighted by Gasteiger charge is -2.14. The number of hydrogen-bond acceptors (Lipinski definition) is 5. The van der Waals surface area contributed by atoms with E-state index in [1.54, 1.807) is 19.1 Å². The Bertz CT molecular complexity index is 1080. The van der Waals surface area contributed by atoms with E-state index in [1.165, 1.54) is 17.4 Å². The Morgan fingerprint density at radius 1 is 1.15 bits per heavy atom. The zero-order valence-electron chi connectivity index (χ0n) is 14.5. The van der Waals surface area contributed by atoms with Crippen LogP contribution in [0.4, 0.5) is 14.5 Å². The molecular formula is C18H16F2N2O3S2. The van der Waals surface area contributed by atoms with Crippen molar-refractivity contribution < 1.29 is 21.9 Å². The van der Waals surface area contributed by atoms with Gasteiger partial charge < -0.3 is 4.74 Å². The topological polar surface area (TPSA) is 68.3 Å². The number of aryl methyl sites for hydroxylation is 1. The molecule has 0 fully saturated rings. The minimum absolute atomic E-state index is 0.0914. The van der Waals surface area contributed by atoms with Gasteiger partial charge in [0.25, 0.3) is 10.0 Å². The van der Waals surface area contributed by atoms with Crippen molar-refractivity contribution in [2.24, 2.45) is 0 Å². The van der Waals surface area contributed by atoms with Gasteiger partial charge in [-0.05, 0) is 44.2 Å². The van der Waals surface area contributed by atoms with Crippen LogP contribution in [0.5, 0.6) is 5.75 Å². The molecule has 0 aliphatic rings. The normalized spacial score (nSPS) is 11.4. The number of nitrogens with one attached hydrogen (secondary N) is 1. The maximum absolute atomic E-state index is 13.4. The third kappa shape index (κ3) is 4.25. The number of sulfonamides is 1. The first kappa shape index (κ1) is 19.2. The van der Waals surface area contributed by atoms with Gasteiger partial charge in [-0.2, -0.15) is 0 Å². The molecule has 2 aromatic carbocycles. The summed E-state index contributed by atoms with van der Waals surface area (Å²) in [6, 6.07) is 7.49. The van der Waals surface area contributed by atoms with Crippen LogP contribution in [0.15, 0.2) is 46.7 Å². The van der Waals surface area contributed by atoms with Gasteiger partial charge in [0.15, 0.2) is 11.6 Å². The van der Waals surface area contributed by atoms with Gasteiger partial charge in [0, 0.05) is 17.0 Å². The predicted molar refractivity (Wildman–Crippen MR) is 101 cm³/mol. The standard InChI is InChI=1S/C18H16F2N2O3S2/c1-3-25-17-7-4-12(16-10-26-11(2)21-16)8-18(17)27(23,24)22-13-5-6-14(19)15(20)9-13/h4-10,22H,3H2,1-2H3. The highest BCUT2D eigenvalue weighted by molar-refractivity contribution is 7.92. The van der Waals surface area contributed by atoms with Crippen LogP contribution < -0.4 is 9.46 Å². The van der Waals surface area contributed by atoms with Crippen LogP contribution in [0.1, 0.15) is 11.9 Å². The van der Waals surface area contributed by atoms with Crippen LogP contribution in [0.2, 0.25) is 0 Å². The fourth-order valence-electron chi connectivity index (χ4n) is 2.42. The summed E-state index contributed by atoms with van der Waals surface area (Å²) >= 11 is 1.45. The molecule has 3 aromatic rings. The van der Waals surface area contributed by atoms with Crippen molar-refractivity contribution in [3.63, 3.8) is 0 Å². The van der Waals surface area contributed by atoms with Crippen LogP contribution in [-0.4, -0.2) is 20.0 Å². The molecule has 3 rings (SSSR count). The largest absolute Gasteiger partial charge is 0.492 e. The highest BCUT2D eigenvalue weighted by Gasteiger charge is 2.22. The number of rotatable bonds is 6. The lowest BCUT2D eigenvalue weighted by molar-refractivity contribution is 0.331. The van der Waals surface area contributed by atoms with Crippen molar-refractivity contribution in [3.05, 3.63) is 58.4 Å². The quantitative estimate of drug-likeness (QED) is 0.645. The summed E-state index contributed by atoms with van der Waals surface area (Å²) in [5.41, 5.74) is 1.16. The van der Waals surface area contributed by atoms with E-state index in [9.17, 15) is 17.2 Å². The Hall–Kier alpha value is -2.52. The van der Waals surface area contributed by atoms with Crippen LogP contribution in [-0.2, 0) is 10.0 Å². The first-order valence-electron chi connectivity index (χ1n) is 7.97. The van der Waals surface area contributed by atoms with E-state index >= 15 is 0 Å². The summed E-state index contributed by atoms with van der Waals surface area (Å²) in [5.74, 6) is -2.05. The van der Waals surface area contributed by atoms with E-state index in [2.05, 4.69) is 9.71 Å². The lowest BCUT2D eigenvalue weighted by Crippen LogP contribution is -2.15. The van der Waals surface area contributed by atoms with Gasteiger partial charge in [0.2, 0.25) is 0 Å². The Labute approximate surface area is 159 Å². The number of hydrogen-bond donors (Lipinski definition) is 1. The maximum atomic E-state index is 13.4. The highest BCUT2D eigenvalue weighted by Crippen LogP contribution is 2.32. The molecule has 0 saturated heterocycles. The number of nitrogens with zero attached hydrogens (tertiary/aromatic N) is 1. The minimum Gasteiger partial charge on any atom is -0.492 e. The average Bonchev–Trinajstić information content (AvgIpc) is 3.05. The smallest absolute Gasteiger partial charge is 0.265 e. The van der Waals surface area contributed by atoms with Gasteiger partial charge in [-0.1, -0.05) is 0 Å². The monoisotopic (exact) mass is 410 g/mol. The van der Waals surface area contributed by atoms with Crippen LogP contribution in [0.25, 0.3) is 11.3 Å². The highest BCUT2D eigenvalue weighted by atomic mass is 32.2. The minimum atomic E-state index is -4.11. The van der Waals surface area contributed by atoms with Gasteiger partial charge >= 0.3 is 0 Å². The third-order valence-corrected chi connectivity index (χ3v) is 5.80. The average molecular weight is 410 g/mol. The van der Waals surface area contributed by atoms with Gasteiger partial charge in [-0.3, -0.25) is 4.72 Å². The van der Waals surface area contributed by atoms with E-state index in [4.69, 9.17) is 4.74 Å². The fourth-order valence-corrected chi connectivity index (χ4v) is 4.26. The van der Waals surface area contributed by atoms with E-state index in [-0.39, 0.29) is 22.9 Å². The first-order chi connectivity index (χ1) is 12.8. The summed E-state index contributed by atoms with van der Waals surface area (Å²) < 4.78 is 59.9. The zero-order chi connectivity index (χ0) is 19.6. The van der Waals surface area contributed by atoms with Crippen LogP contribution in [0.3, 0.4) is 0 Å². The maximum Gasteiger partial charge on any atom is 0.265 e. The molecule has 0 amide bonds. The summed E-state index contributed by atoms with van der Waals surface area (Å²) in [5, 5.41) is 2.67. The Kier molecular flexibility index (Phi) is 5.43. The number of halogens is 2. The molecule has 0 spiro atoms. The molecule has 0 atom stereocenters. The Morgan fingerprint density at radius 2 is 1.93 bits per heavy atom. The molecule has 27 heavy (non-hydrogen) atoms. The molecule has 1 heterocycles. The molecule has 1 aromatic heterocycles. The van der Waals surface area contributed by atoms with Crippen molar-refractivity contribution in [2.75, 3.05) is 11.3 Å². The molecule has 5 nitrogen and oxygen atoms in total. The second kappa shape index (κ2) is 7.61. The van der Waals surface area contributed by atoms with Gasteiger partial charge in [0.05, 0.1) is 23.0 Å². The second-order valence-corrected chi connectivity index (χ2v) is 8.29. The lowest BCUT2D eigenvalue weighted by atomic mass is 10.2. The zero-order valence-corrected chi connectivity index (χ0v) is 16.1. The van der Waals surface area contributed by atoms with Gasteiger partial charge in [0.1, 0.15) is 10.6 Å². The van der Waals surface area contributed by atoms with Crippen molar-refractivity contribution in [3.8, 4) is 17.0 Å². The third-order valence-electron chi connectivity index (χ3n) is 3.62. The summed E-state index contributed by atoms with van der Waals surface area (Å²) in [6.07, 6.45) is 0. The molecule has 9 heteroatoms. The Balaban J connectivity index is 2.04. The van der Waals surface area contributed by atoms with Crippen molar-refractivity contribution in [1.29, 1.82) is 0 Å². The molecule has 1 N–H and O–H groups in total. The molecule has 0 radical (unpaired) electrons. The molecule has 0 bridgehead atoms. The number of aromatic nitrogens is 1. The molecule has 142 valence electrons. The summed E-state index contributed by atoms with van der Waals surface area (Å²) in [6.45, 7) is 3.85. The summed E-state index contributed by atoms with van der Waals surface area (Å²) in [7, 11) is -4.11. The van der Waals surface area contributed by atoms with Gasteiger partial charge in [-0.15, -0.1) is 11.3 Å². The Morgan fingerprint density at radius 3 is 2.56 bits per heavy atom. The first-order valence-corrected chi connectivity index (χ1v) is 10.3. The van der Waals surface area contributed by atoms with E-state index < -0.39 is 21.7 Å². The number of benzene rings is 2. The van der Waals surface area contributed by atoms with E-state index in [0.717, 1.165) is 23.2 Å². The van der Waals surface area contributed by atoms with Crippen molar-refractivity contribution >= 4 is 27.0 Å². The number of anilines is 1. The summed E-state index contributed by atoms with van der Waals surface area (Å²) in [4.78, 5) is 4.24. The predicted octanol–water partition coefficient (Wildman–Crippen LogP) is 4.60. The van der Waals surface area contributed by atoms with Crippen molar-refractivity contribution in [1.82, 2.24) is 4.98 Å². The molecule has 0 aliphatic heterocycles. The molecule has 0 saturated carbocycles. The SMILES string of the molecule is CCOc1ccc(-c2csc(C)n2)cc1S(=O)(=O)Nc1ccc(F)c(F)c1. The van der Waals surface area contributed by atoms with Crippen LogP contribution in [0, 0.1) is 18.6 Å². The van der Waals surface area contributed by atoms with Gasteiger partial charge in [-0.25, -0.2) is 22.2 Å². The van der Waals surface area contributed by atoms with Crippen molar-refractivity contribution in [2.45, 2.75) is 18.7 Å². The molecular weight excluding hydrogens is 394 g/mol. The van der Waals surface area contributed by atoms with E-state index in [0.29, 0.717) is 11.3 Å². The molecule has 0 unspecified atom stereocenters. The second-order valence-electron chi connectivity index (χ2n) is 5.58. The molecule has 0 aliphatic carbocycles. The number of ether oxygens (including phenoxy) is 1. The van der Waals surface area contributed by atoms with Crippen LogP contribution >= 0.6 is 11.3 Å². The fraction of sp³-hybridized carbons (Fsp3) is 0.167. The number of thiazole rings is 1. The van der Waals surface area contributed by atoms with E-state index in [1.807, 2.05) is 12.3 Å².